The highest BCUT2D eigenvalue weighted by Crippen LogP contribution is 2.19. The topological polar surface area (TPSA) is 99.8 Å². The molecule has 176 valence electrons. The number of aromatic nitrogens is 4. The lowest BCUT2D eigenvalue weighted by Gasteiger charge is -2.12. The number of fused-ring (bicyclic) bond motifs is 1. The van der Waals surface area contributed by atoms with Gasteiger partial charge in [-0.1, -0.05) is 13.0 Å². The number of rotatable bonds is 9. The van der Waals surface area contributed by atoms with E-state index >= 15 is 0 Å². The highest BCUT2D eigenvalue weighted by atomic mass is 16.5. The molecule has 9 nitrogen and oxygen atoms in total. The van der Waals surface area contributed by atoms with Crippen LogP contribution in [-0.4, -0.2) is 38.8 Å². The number of ether oxygens (including phenoxy) is 2. The van der Waals surface area contributed by atoms with Crippen molar-refractivity contribution in [2.45, 2.75) is 26.7 Å². The van der Waals surface area contributed by atoms with Crippen molar-refractivity contribution in [1.82, 2.24) is 19.2 Å². The molecule has 9 heteroatoms. The van der Waals surface area contributed by atoms with E-state index in [-0.39, 0.29) is 23.0 Å². The molecule has 1 unspecified atom stereocenters. The third-order valence-electron chi connectivity index (χ3n) is 5.39. The number of anilines is 1. The molecule has 0 fully saturated rings. The highest BCUT2D eigenvalue weighted by molar-refractivity contribution is 5.91. The van der Waals surface area contributed by atoms with Crippen molar-refractivity contribution in [3.63, 3.8) is 0 Å². The SMILES string of the molecule is CCOc1ccc(-n2ccn3c(CC(C)CC(=O)Nc4cccc(OC)c4)nnc3c2=O)cc1. The lowest BCUT2D eigenvalue weighted by Crippen LogP contribution is -2.21. The summed E-state index contributed by atoms with van der Waals surface area (Å²) < 4.78 is 13.9. The molecule has 4 rings (SSSR count). The molecular formula is C25H27N5O4. The van der Waals surface area contributed by atoms with Crippen molar-refractivity contribution in [3.05, 3.63) is 77.1 Å². The summed E-state index contributed by atoms with van der Waals surface area (Å²) in [6.07, 6.45) is 4.26. The molecule has 34 heavy (non-hydrogen) atoms. The molecule has 1 amide bonds. The Labute approximate surface area is 197 Å². The molecule has 4 aromatic rings. The largest absolute Gasteiger partial charge is 0.497 e. The number of amides is 1. The van der Waals surface area contributed by atoms with Crippen molar-refractivity contribution < 1.29 is 14.3 Å². The first-order valence-electron chi connectivity index (χ1n) is 11.1. The fraction of sp³-hybridized carbons (Fsp3) is 0.280. The van der Waals surface area contributed by atoms with E-state index in [9.17, 15) is 9.59 Å². The van der Waals surface area contributed by atoms with E-state index in [2.05, 4.69) is 15.5 Å². The lowest BCUT2D eigenvalue weighted by molar-refractivity contribution is -0.116. The Bertz CT molecular complexity index is 1340. The van der Waals surface area contributed by atoms with Crippen LogP contribution in [0, 0.1) is 5.92 Å². The van der Waals surface area contributed by atoms with E-state index in [0.29, 0.717) is 42.4 Å². The van der Waals surface area contributed by atoms with E-state index in [4.69, 9.17) is 9.47 Å². The number of nitrogens with zero attached hydrogens (tertiary/aromatic N) is 4. The van der Waals surface area contributed by atoms with E-state index in [1.54, 1.807) is 30.0 Å². The third-order valence-corrected chi connectivity index (χ3v) is 5.39. The van der Waals surface area contributed by atoms with E-state index in [0.717, 1.165) is 5.75 Å². The maximum Gasteiger partial charge on any atom is 0.300 e. The van der Waals surface area contributed by atoms with Crippen LogP contribution >= 0.6 is 0 Å². The van der Waals surface area contributed by atoms with Crippen molar-refractivity contribution >= 4 is 17.2 Å². The number of carbonyl (C=O) groups excluding carboxylic acids is 1. The van der Waals surface area contributed by atoms with Crippen LogP contribution in [0.15, 0.2) is 65.7 Å². The smallest absolute Gasteiger partial charge is 0.300 e. The Hall–Kier alpha value is -4.14. The van der Waals surface area contributed by atoms with Gasteiger partial charge >= 0.3 is 5.56 Å². The predicted molar refractivity (Wildman–Crippen MR) is 129 cm³/mol. The van der Waals surface area contributed by atoms with Crippen molar-refractivity contribution in [1.29, 1.82) is 0 Å². The van der Waals surface area contributed by atoms with Crippen LogP contribution in [0.25, 0.3) is 11.3 Å². The van der Waals surface area contributed by atoms with E-state index in [1.165, 1.54) is 4.57 Å². The van der Waals surface area contributed by atoms with Crippen molar-refractivity contribution in [2.24, 2.45) is 5.92 Å². The summed E-state index contributed by atoms with van der Waals surface area (Å²) in [7, 11) is 1.58. The molecule has 2 aromatic heterocycles. The number of hydrogen-bond acceptors (Lipinski definition) is 6. The highest BCUT2D eigenvalue weighted by Gasteiger charge is 2.16. The fourth-order valence-corrected chi connectivity index (χ4v) is 3.76. The summed E-state index contributed by atoms with van der Waals surface area (Å²) in [4.78, 5) is 25.5. The molecule has 0 aliphatic heterocycles. The number of hydrogen-bond donors (Lipinski definition) is 1. The summed E-state index contributed by atoms with van der Waals surface area (Å²) >= 11 is 0. The van der Waals surface area contributed by atoms with Crippen LogP contribution in [-0.2, 0) is 11.2 Å². The average molecular weight is 462 g/mol. The minimum Gasteiger partial charge on any atom is -0.497 e. The number of benzene rings is 2. The molecule has 0 saturated carbocycles. The Morgan fingerprint density at radius 1 is 1.09 bits per heavy atom. The summed E-state index contributed by atoms with van der Waals surface area (Å²) in [6, 6.07) is 14.5. The third kappa shape index (κ3) is 5.09. The molecule has 1 N–H and O–H groups in total. The van der Waals surface area contributed by atoms with Crippen LogP contribution in [0.5, 0.6) is 11.5 Å². The maximum absolute atomic E-state index is 13.0. The fourth-order valence-electron chi connectivity index (χ4n) is 3.76. The molecule has 0 bridgehead atoms. The molecule has 0 aliphatic carbocycles. The summed E-state index contributed by atoms with van der Waals surface area (Å²) in [5.41, 5.74) is 1.36. The van der Waals surface area contributed by atoms with Crippen LogP contribution in [0.1, 0.15) is 26.1 Å². The zero-order valence-corrected chi connectivity index (χ0v) is 19.4. The maximum atomic E-state index is 13.0. The minimum absolute atomic E-state index is 0.00782. The number of nitrogens with one attached hydrogen (secondary N) is 1. The standard InChI is InChI=1S/C25H27N5O4/c1-4-34-20-10-8-19(9-11-20)29-12-13-30-22(27-28-24(30)25(29)32)14-17(2)15-23(31)26-18-6-5-7-21(16-18)33-3/h5-13,16-17H,4,14-15H2,1-3H3,(H,26,31). The predicted octanol–water partition coefficient (Wildman–Crippen LogP) is 3.49. The molecule has 0 spiro atoms. The van der Waals surface area contributed by atoms with Crippen LogP contribution < -0.4 is 20.3 Å². The molecular weight excluding hydrogens is 434 g/mol. The molecule has 0 saturated heterocycles. The minimum atomic E-state index is -0.270. The zero-order chi connectivity index (χ0) is 24.1. The second kappa shape index (κ2) is 10.2. The van der Waals surface area contributed by atoms with Gasteiger partial charge in [0, 0.05) is 42.7 Å². The average Bonchev–Trinajstić information content (AvgIpc) is 3.23. The lowest BCUT2D eigenvalue weighted by atomic mass is 10.0. The van der Waals surface area contributed by atoms with Gasteiger partial charge in [-0.05, 0) is 49.2 Å². The first kappa shape index (κ1) is 23.0. The van der Waals surface area contributed by atoms with Gasteiger partial charge in [-0.3, -0.25) is 18.6 Å². The second-order valence-corrected chi connectivity index (χ2v) is 8.00. The first-order valence-corrected chi connectivity index (χ1v) is 11.1. The Morgan fingerprint density at radius 2 is 1.88 bits per heavy atom. The Kier molecular flexibility index (Phi) is 6.91. The molecule has 2 heterocycles. The van der Waals surface area contributed by atoms with Gasteiger partial charge < -0.3 is 14.8 Å². The summed E-state index contributed by atoms with van der Waals surface area (Å²) in [6.45, 7) is 4.46. The normalized spacial score (nSPS) is 11.9. The zero-order valence-electron chi connectivity index (χ0n) is 19.4. The van der Waals surface area contributed by atoms with E-state index < -0.39 is 0 Å². The Morgan fingerprint density at radius 3 is 2.62 bits per heavy atom. The van der Waals surface area contributed by atoms with E-state index in [1.807, 2.05) is 56.3 Å². The summed E-state index contributed by atoms with van der Waals surface area (Å²) in [5, 5.41) is 11.2. The Balaban J connectivity index is 1.45. The second-order valence-electron chi connectivity index (χ2n) is 8.00. The van der Waals surface area contributed by atoms with Gasteiger partial charge in [-0.25, -0.2) is 0 Å². The number of carbonyl (C=O) groups is 1. The number of methoxy groups -OCH3 is 1. The van der Waals surface area contributed by atoms with Crippen LogP contribution in [0.2, 0.25) is 0 Å². The van der Waals surface area contributed by atoms with Gasteiger partial charge in [0.1, 0.15) is 17.3 Å². The van der Waals surface area contributed by atoms with Crippen molar-refractivity contribution in [3.8, 4) is 17.2 Å². The first-order chi connectivity index (χ1) is 16.5. The monoisotopic (exact) mass is 461 g/mol. The molecule has 0 aliphatic rings. The van der Waals surface area contributed by atoms with Gasteiger partial charge in [0.2, 0.25) is 11.6 Å². The van der Waals surface area contributed by atoms with Crippen molar-refractivity contribution in [2.75, 3.05) is 19.0 Å². The van der Waals surface area contributed by atoms with Gasteiger partial charge in [-0.15, -0.1) is 10.2 Å². The quantitative estimate of drug-likeness (QED) is 0.410. The van der Waals surface area contributed by atoms with Gasteiger partial charge in [0.25, 0.3) is 0 Å². The van der Waals surface area contributed by atoms with Gasteiger partial charge in [-0.2, -0.15) is 0 Å². The molecule has 2 aromatic carbocycles. The van der Waals surface area contributed by atoms with Gasteiger partial charge in [0.05, 0.1) is 13.7 Å². The van der Waals surface area contributed by atoms with Gasteiger partial charge in [0.15, 0.2) is 0 Å². The molecule has 1 atom stereocenters. The molecule has 0 radical (unpaired) electrons. The summed E-state index contributed by atoms with van der Waals surface area (Å²) in [5.74, 6) is 1.94. The van der Waals surface area contributed by atoms with Crippen LogP contribution in [0.4, 0.5) is 5.69 Å². The van der Waals surface area contributed by atoms with Crippen LogP contribution in [0.3, 0.4) is 0 Å².